The smallest absolute Gasteiger partial charge is 0.380 e. The van der Waals surface area contributed by atoms with Crippen molar-refractivity contribution in [2.75, 3.05) is 32.8 Å². The first-order chi connectivity index (χ1) is 17.1. The van der Waals surface area contributed by atoms with Crippen LogP contribution < -0.4 is 14.8 Å². The average Bonchev–Trinajstić information content (AvgIpc) is 3.53. The van der Waals surface area contributed by atoms with Gasteiger partial charge in [0.25, 0.3) is 5.91 Å². The topological polar surface area (TPSA) is 84.2 Å². The number of furan rings is 1. The van der Waals surface area contributed by atoms with Crippen LogP contribution in [0.5, 0.6) is 11.5 Å². The summed E-state index contributed by atoms with van der Waals surface area (Å²) in [6.45, 7) is 3.98. The normalized spacial score (nSPS) is 18.7. The van der Waals surface area contributed by atoms with Gasteiger partial charge in [-0.3, -0.25) is 4.79 Å². The van der Waals surface area contributed by atoms with Gasteiger partial charge >= 0.3 is 5.92 Å². The molecule has 1 fully saturated rings. The lowest BCUT2D eigenvalue weighted by Gasteiger charge is -2.37. The van der Waals surface area contributed by atoms with Crippen molar-refractivity contribution in [3.8, 4) is 11.5 Å². The molecule has 1 aromatic heterocycles. The Hall–Kier alpha value is -2.88. The predicted octanol–water partition coefficient (Wildman–Crippen LogP) is 4.44. The van der Waals surface area contributed by atoms with Crippen LogP contribution in [0.3, 0.4) is 0 Å². The van der Waals surface area contributed by atoms with Crippen LogP contribution in [-0.2, 0) is 16.3 Å². The molecule has 2 aliphatic rings. The Morgan fingerprint density at radius 2 is 1.83 bits per heavy atom. The van der Waals surface area contributed by atoms with E-state index in [1.807, 2.05) is 4.90 Å². The molecular weight excluding hydrogens is 494 g/mol. The first-order valence-electron chi connectivity index (χ1n) is 11.9. The summed E-state index contributed by atoms with van der Waals surface area (Å²) in [5.74, 6) is -5.34. The number of nitrogens with zero attached hydrogens (tertiary/aromatic N) is 1. The maximum absolute atomic E-state index is 15.3. The van der Waals surface area contributed by atoms with E-state index in [9.17, 15) is 9.90 Å². The van der Waals surface area contributed by atoms with E-state index in [1.165, 1.54) is 25.1 Å². The third-order valence-electron chi connectivity index (χ3n) is 6.82. The van der Waals surface area contributed by atoms with Gasteiger partial charge < -0.3 is 29.2 Å². The number of rotatable bonds is 7. The van der Waals surface area contributed by atoms with Gasteiger partial charge in [-0.1, -0.05) is 17.7 Å². The van der Waals surface area contributed by atoms with E-state index in [0.717, 1.165) is 32.0 Å². The van der Waals surface area contributed by atoms with Crippen molar-refractivity contribution in [1.29, 1.82) is 0 Å². The van der Waals surface area contributed by atoms with Gasteiger partial charge in [-0.2, -0.15) is 8.78 Å². The van der Waals surface area contributed by atoms with E-state index in [1.54, 1.807) is 18.2 Å². The Bertz CT molecular complexity index is 1270. The van der Waals surface area contributed by atoms with E-state index in [0.29, 0.717) is 40.7 Å². The first-order valence-corrected chi connectivity index (χ1v) is 12.3. The third kappa shape index (κ3) is 4.75. The van der Waals surface area contributed by atoms with Gasteiger partial charge in [-0.05, 0) is 74.8 Å². The summed E-state index contributed by atoms with van der Waals surface area (Å²) >= 11 is 5.95. The molecule has 1 saturated heterocycles. The number of halogens is 3. The molecule has 2 atom stereocenters. The molecule has 36 heavy (non-hydrogen) atoms. The second kappa shape index (κ2) is 9.53. The number of ether oxygens (including phenoxy) is 2. The lowest BCUT2D eigenvalue weighted by atomic mass is 9.87. The Labute approximate surface area is 211 Å². The van der Waals surface area contributed by atoms with Crippen molar-refractivity contribution in [2.45, 2.75) is 37.3 Å². The molecule has 192 valence electrons. The molecule has 3 aromatic rings. The van der Waals surface area contributed by atoms with Crippen LogP contribution in [0.1, 0.15) is 31.1 Å². The summed E-state index contributed by atoms with van der Waals surface area (Å²) in [6, 6.07) is 9.48. The molecule has 0 bridgehead atoms. The highest BCUT2D eigenvalue weighted by Gasteiger charge is 2.48. The van der Waals surface area contributed by atoms with Crippen molar-refractivity contribution in [1.82, 2.24) is 10.2 Å². The van der Waals surface area contributed by atoms with Crippen molar-refractivity contribution in [3.63, 3.8) is 0 Å². The Morgan fingerprint density at radius 3 is 2.58 bits per heavy atom. The highest BCUT2D eigenvalue weighted by Crippen LogP contribution is 2.38. The molecule has 1 amide bonds. The monoisotopic (exact) mass is 520 g/mol. The summed E-state index contributed by atoms with van der Waals surface area (Å²) < 4.78 is 47.1. The summed E-state index contributed by atoms with van der Waals surface area (Å²) in [4.78, 5) is 15.0. The number of benzene rings is 2. The van der Waals surface area contributed by atoms with E-state index in [-0.39, 0.29) is 12.1 Å². The van der Waals surface area contributed by atoms with Crippen molar-refractivity contribution in [3.05, 3.63) is 58.8 Å². The minimum Gasteiger partial charge on any atom is -0.486 e. The predicted molar refractivity (Wildman–Crippen MR) is 130 cm³/mol. The van der Waals surface area contributed by atoms with Gasteiger partial charge in [-0.25, -0.2) is 0 Å². The zero-order valence-corrected chi connectivity index (χ0v) is 20.5. The summed E-state index contributed by atoms with van der Waals surface area (Å²) in [6.07, 6.45) is 1.93. The quantitative estimate of drug-likeness (QED) is 0.479. The molecule has 10 heteroatoms. The van der Waals surface area contributed by atoms with Gasteiger partial charge in [0, 0.05) is 17.0 Å². The molecular formula is C26H27ClF2N2O5. The minimum absolute atomic E-state index is 0.193. The van der Waals surface area contributed by atoms with Crippen LogP contribution in [-0.4, -0.2) is 54.8 Å². The number of amides is 1. The zero-order valence-electron chi connectivity index (χ0n) is 19.7. The number of fused-ring (bicyclic) bond motifs is 2. The SMILES string of the molecule is CC(O)(c1ccc2c(c1)OCCO2)[C@@H](CN1CCCC1)NC(=O)C(F)(F)c1cc2cc(Cl)ccc2o1. The van der Waals surface area contributed by atoms with Gasteiger partial charge in [0.2, 0.25) is 0 Å². The van der Waals surface area contributed by atoms with Crippen LogP contribution in [0.2, 0.25) is 5.02 Å². The highest BCUT2D eigenvalue weighted by atomic mass is 35.5. The van der Waals surface area contributed by atoms with Crippen LogP contribution in [0.15, 0.2) is 46.9 Å². The third-order valence-corrected chi connectivity index (χ3v) is 7.06. The Kier molecular flexibility index (Phi) is 6.57. The molecule has 0 saturated carbocycles. The second-order valence-corrected chi connectivity index (χ2v) is 9.84. The largest absolute Gasteiger partial charge is 0.486 e. The van der Waals surface area contributed by atoms with Crippen molar-refractivity contribution >= 4 is 28.5 Å². The van der Waals surface area contributed by atoms with E-state index in [2.05, 4.69) is 5.32 Å². The number of aliphatic hydroxyl groups is 1. The molecule has 2 N–H and O–H groups in total. The number of alkyl halides is 2. The van der Waals surface area contributed by atoms with Crippen LogP contribution in [0.25, 0.3) is 11.0 Å². The molecule has 3 heterocycles. The fourth-order valence-corrected chi connectivity index (χ4v) is 4.86. The number of hydrogen-bond acceptors (Lipinski definition) is 6. The molecule has 0 radical (unpaired) electrons. The summed E-state index contributed by atoms with van der Waals surface area (Å²) in [5.41, 5.74) is -1.08. The molecule has 0 spiro atoms. The number of nitrogens with one attached hydrogen (secondary N) is 1. The van der Waals surface area contributed by atoms with Crippen LogP contribution in [0, 0.1) is 0 Å². The fourth-order valence-electron chi connectivity index (χ4n) is 4.68. The lowest BCUT2D eigenvalue weighted by Crippen LogP contribution is -2.57. The second-order valence-electron chi connectivity index (χ2n) is 9.41. The number of likely N-dealkylation sites (tertiary alicyclic amines) is 1. The van der Waals surface area contributed by atoms with E-state index in [4.69, 9.17) is 25.5 Å². The van der Waals surface area contributed by atoms with E-state index < -0.39 is 29.2 Å². The molecule has 5 rings (SSSR count). The van der Waals surface area contributed by atoms with Crippen LogP contribution in [0.4, 0.5) is 8.78 Å². The Balaban J connectivity index is 1.43. The number of carbonyl (C=O) groups is 1. The Morgan fingerprint density at radius 1 is 1.11 bits per heavy atom. The van der Waals surface area contributed by atoms with E-state index >= 15 is 8.78 Å². The zero-order chi connectivity index (χ0) is 25.5. The maximum Gasteiger partial charge on any atom is 0.380 e. The molecule has 2 aliphatic heterocycles. The lowest BCUT2D eigenvalue weighted by molar-refractivity contribution is -0.152. The number of hydrogen-bond donors (Lipinski definition) is 2. The van der Waals surface area contributed by atoms with Crippen molar-refractivity contribution in [2.24, 2.45) is 0 Å². The minimum atomic E-state index is -3.97. The van der Waals surface area contributed by atoms with Crippen molar-refractivity contribution < 1.29 is 32.6 Å². The van der Waals surface area contributed by atoms with Gasteiger partial charge in [0.05, 0.1) is 6.04 Å². The summed E-state index contributed by atoms with van der Waals surface area (Å²) in [7, 11) is 0. The average molecular weight is 521 g/mol. The van der Waals surface area contributed by atoms with Crippen LogP contribution >= 0.6 is 11.6 Å². The highest BCUT2D eigenvalue weighted by molar-refractivity contribution is 6.31. The maximum atomic E-state index is 15.3. The molecule has 0 aliphatic carbocycles. The standard InChI is InChI=1S/C26H27ClF2N2O5/c1-25(33,17-4-6-20-21(14-17)35-11-10-34-20)22(15-31-8-2-3-9-31)30-24(32)26(28,29)23-13-16-12-18(27)5-7-19(16)36-23/h4-7,12-14,22,33H,2-3,8-11,15H2,1H3,(H,30,32)/t22-,25?/m1/s1. The number of carbonyl (C=O) groups excluding carboxylic acids is 1. The van der Waals surface area contributed by atoms with Gasteiger partial charge in [-0.15, -0.1) is 0 Å². The first kappa shape index (κ1) is 24.8. The molecule has 2 aromatic carbocycles. The molecule has 1 unspecified atom stereocenters. The summed E-state index contributed by atoms with van der Waals surface area (Å²) in [5, 5.41) is 14.8. The fraction of sp³-hybridized carbons (Fsp3) is 0.423. The molecule has 7 nitrogen and oxygen atoms in total. The van der Waals surface area contributed by atoms with Gasteiger partial charge in [0.15, 0.2) is 17.3 Å². The van der Waals surface area contributed by atoms with Gasteiger partial charge in [0.1, 0.15) is 24.4 Å².